The maximum Gasteiger partial charge on any atom is 0.216 e. The van der Waals surface area contributed by atoms with Gasteiger partial charge in [0.15, 0.2) is 0 Å². The van der Waals surface area contributed by atoms with Crippen LogP contribution in [0.15, 0.2) is 36.5 Å². The van der Waals surface area contributed by atoms with Gasteiger partial charge in [-0.05, 0) is 43.0 Å². The third-order valence-electron chi connectivity index (χ3n) is 4.50. The molecular formula is C19H22FN3O. The number of aryl methyl sites for hydroxylation is 1. The minimum absolute atomic E-state index is 0.0149. The van der Waals surface area contributed by atoms with E-state index in [1.54, 1.807) is 26.1 Å². The Balaban J connectivity index is 1.74. The monoisotopic (exact) mass is 327 g/mol. The van der Waals surface area contributed by atoms with Crippen molar-refractivity contribution < 1.29 is 9.18 Å². The first kappa shape index (κ1) is 16.4. The first-order chi connectivity index (χ1) is 11.5. The Morgan fingerprint density at radius 2 is 2.21 bits per heavy atom. The summed E-state index contributed by atoms with van der Waals surface area (Å²) in [6.45, 7) is 5.87. The second-order valence-corrected chi connectivity index (χ2v) is 6.40. The molecule has 0 bridgehead atoms. The van der Waals surface area contributed by atoms with Crippen LogP contribution in [0.25, 0.3) is 11.3 Å². The molecule has 5 heteroatoms. The molecule has 2 heterocycles. The lowest BCUT2D eigenvalue weighted by Crippen LogP contribution is -2.29. The van der Waals surface area contributed by atoms with Crippen molar-refractivity contribution in [3.05, 3.63) is 47.9 Å². The Bertz CT molecular complexity index is 747. The molecule has 1 atom stereocenters. The van der Waals surface area contributed by atoms with E-state index in [4.69, 9.17) is 0 Å². The van der Waals surface area contributed by atoms with Crippen LogP contribution < -0.4 is 10.2 Å². The number of hydrogen-bond acceptors (Lipinski definition) is 3. The molecule has 0 spiro atoms. The highest BCUT2D eigenvalue weighted by Gasteiger charge is 2.23. The van der Waals surface area contributed by atoms with Gasteiger partial charge in [-0.1, -0.05) is 12.1 Å². The van der Waals surface area contributed by atoms with Crippen LogP contribution in [0, 0.1) is 18.7 Å². The number of hydrogen-bond donors (Lipinski definition) is 1. The average Bonchev–Trinajstić information content (AvgIpc) is 3.05. The van der Waals surface area contributed by atoms with Gasteiger partial charge >= 0.3 is 0 Å². The summed E-state index contributed by atoms with van der Waals surface area (Å²) in [5.41, 5.74) is 3.28. The lowest BCUT2D eigenvalue weighted by molar-refractivity contribution is -0.119. The van der Waals surface area contributed by atoms with Gasteiger partial charge in [-0.3, -0.25) is 9.78 Å². The molecule has 2 aromatic rings. The SMILES string of the molecule is CC(=O)NCC1CCN(c2ccnc(-c3ccc(C)c(F)c3)c2)C1. The zero-order chi connectivity index (χ0) is 17.1. The topological polar surface area (TPSA) is 45.2 Å². The minimum Gasteiger partial charge on any atom is -0.371 e. The molecule has 1 saturated heterocycles. The van der Waals surface area contributed by atoms with Crippen LogP contribution in [0.5, 0.6) is 0 Å². The summed E-state index contributed by atoms with van der Waals surface area (Å²) in [7, 11) is 0. The van der Waals surface area contributed by atoms with Crippen molar-refractivity contribution >= 4 is 11.6 Å². The fraction of sp³-hybridized carbons (Fsp3) is 0.368. The minimum atomic E-state index is -0.212. The van der Waals surface area contributed by atoms with Gasteiger partial charge in [-0.15, -0.1) is 0 Å². The van der Waals surface area contributed by atoms with Gasteiger partial charge < -0.3 is 10.2 Å². The van der Waals surface area contributed by atoms with Crippen molar-refractivity contribution in [2.24, 2.45) is 5.92 Å². The van der Waals surface area contributed by atoms with Crippen LogP contribution in [-0.4, -0.2) is 30.5 Å². The Kier molecular flexibility index (Phi) is 4.79. The number of carbonyl (C=O) groups is 1. The summed E-state index contributed by atoms with van der Waals surface area (Å²) in [4.78, 5) is 17.7. The molecule has 1 amide bonds. The summed E-state index contributed by atoms with van der Waals surface area (Å²) in [5.74, 6) is 0.264. The van der Waals surface area contributed by atoms with E-state index in [9.17, 15) is 9.18 Å². The van der Waals surface area contributed by atoms with Crippen molar-refractivity contribution in [1.82, 2.24) is 10.3 Å². The van der Waals surface area contributed by atoms with E-state index in [1.165, 1.54) is 6.07 Å². The molecular weight excluding hydrogens is 305 g/mol. The maximum atomic E-state index is 13.8. The van der Waals surface area contributed by atoms with Crippen molar-refractivity contribution in [2.75, 3.05) is 24.5 Å². The first-order valence-electron chi connectivity index (χ1n) is 8.25. The van der Waals surface area contributed by atoms with E-state index in [-0.39, 0.29) is 11.7 Å². The predicted octanol–water partition coefficient (Wildman–Crippen LogP) is 3.16. The molecule has 1 N–H and O–H groups in total. The number of pyridine rings is 1. The number of nitrogens with one attached hydrogen (secondary N) is 1. The third-order valence-corrected chi connectivity index (χ3v) is 4.50. The fourth-order valence-electron chi connectivity index (χ4n) is 3.05. The number of nitrogens with zero attached hydrogens (tertiary/aromatic N) is 2. The maximum absolute atomic E-state index is 13.8. The smallest absolute Gasteiger partial charge is 0.216 e. The number of rotatable bonds is 4. The van der Waals surface area contributed by atoms with Gasteiger partial charge in [0, 0.05) is 44.0 Å². The van der Waals surface area contributed by atoms with E-state index in [2.05, 4.69) is 15.2 Å². The number of benzene rings is 1. The molecule has 1 aliphatic rings. The van der Waals surface area contributed by atoms with Crippen molar-refractivity contribution in [2.45, 2.75) is 20.3 Å². The van der Waals surface area contributed by atoms with Crippen LogP contribution >= 0.6 is 0 Å². The Hall–Kier alpha value is -2.43. The normalized spacial score (nSPS) is 17.1. The van der Waals surface area contributed by atoms with Gasteiger partial charge in [-0.2, -0.15) is 0 Å². The fourth-order valence-corrected chi connectivity index (χ4v) is 3.05. The molecule has 24 heavy (non-hydrogen) atoms. The number of anilines is 1. The molecule has 0 saturated carbocycles. The Morgan fingerprint density at radius 1 is 1.38 bits per heavy atom. The molecule has 0 aliphatic carbocycles. The largest absolute Gasteiger partial charge is 0.371 e. The average molecular weight is 327 g/mol. The number of aromatic nitrogens is 1. The van der Waals surface area contributed by atoms with Crippen LogP contribution in [0.4, 0.5) is 10.1 Å². The first-order valence-corrected chi connectivity index (χ1v) is 8.25. The van der Waals surface area contributed by atoms with E-state index >= 15 is 0 Å². The lowest BCUT2D eigenvalue weighted by Gasteiger charge is -2.19. The number of halogens is 1. The lowest BCUT2D eigenvalue weighted by atomic mass is 10.1. The second-order valence-electron chi connectivity index (χ2n) is 6.40. The van der Waals surface area contributed by atoms with Crippen molar-refractivity contribution in [1.29, 1.82) is 0 Å². The predicted molar refractivity (Wildman–Crippen MR) is 93.4 cm³/mol. The zero-order valence-corrected chi connectivity index (χ0v) is 14.1. The molecule has 1 aromatic heterocycles. The molecule has 126 valence electrons. The summed E-state index contributed by atoms with van der Waals surface area (Å²) in [6.07, 6.45) is 2.82. The molecule has 3 rings (SSSR count). The third kappa shape index (κ3) is 3.72. The molecule has 1 fully saturated rings. The summed E-state index contributed by atoms with van der Waals surface area (Å²) < 4.78 is 13.8. The number of carbonyl (C=O) groups excluding carboxylic acids is 1. The van der Waals surface area contributed by atoms with Gasteiger partial charge in [0.05, 0.1) is 5.69 Å². The molecule has 1 aliphatic heterocycles. The highest BCUT2D eigenvalue weighted by Crippen LogP contribution is 2.27. The highest BCUT2D eigenvalue weighted by atomic mass is 19.1. The molecule has 0 radical (unpaired) electrons. The zero-order valence-electron chi connectivity index (χ0n) is 14.1. The van der Waals surface area contributed by atoms with E-state index < -0.39 is 0 Å². The van der Waals surface area contributed by atoms with Gasteiger partial charge in [0.2, 0.25) is 5.91 Å². The van der Waals surface area contributed by atoms with E-state index in [0.29, 0.717) is 18.0 Å². The van der Waals surface area contributed by atoms with Crippen molar-refractivity contribution in [3.63, 3.8) is 0 Å². The van der Waals surface area contributed by atoms with Crippen LogP contribution in [-0.2, 0) is 4.79 Å². The molecule has 1 unspecified atom stereocenters. The summed E-state index contributed by atoms with van der Waals surface area (Å²) in [5, 5.41) is 2.89. The summed E-state index contributed by atoms with van der Waals surface area (Å²) >= 11 is 0. The highest BCUT2D eigenvalue weighted by molar-refractivity contribution is 5.72. The van der Waals surface area contributed by atoms with E-state index in [1.807, 2.05) is 18.2 Å². The number of amides is 1. The Morgan fingerprint density at radius 3 is 2.96 bits per heavy atom. The second kappa shape index (κ2) is 6.99. The van der Waals surface area contributed by atoms with Crippen molar-refractivity contribution in [3.8, 4) is 11.3 Å². The summed E-state index contributed by atoms with van der Waals surface area (Å²) in [6, 6.07) is 9.19. The van der Waals surface area contributed by atoms with Crippen LogP contribution in [0.2, 0.25) is 0 Å². The molecule has 4 nitrogen and oxygen atoms in total. The van der Waals surface area contributed by atoms with E-state index in [0.717, 1.165) is 36.5 Å². The Labute approximate surface area is 141 Å². The quantitative estimate of drug-likeness (QED) is 0.938. The van der Waals surface area contributed by atoms with Gasteiger partial charge in [0.1, 0.15) is 5.82 Å². The molecule has 1 aromatic carbocycles. The van der Waals surface area contributed by atoms with Crippen LogP contribution in [0.3, 0.4) is 0 Å². The standard InChI is InChI=1S/C19H22FN3O/c1-13-3-4-16(9-18(13)20)19-10-17(5-7-21-19)23-8-6-15(12-23)11-22-14(2)24/h3-5,7,9-10,15H,6,8,11-12H2,1-2H3,(H,22,24). The van der Waals surface area contributed by atoms with Crippen LogP contribution in [0.1, 0.15) is 18.9 Å². The van der Waals surface area contributed by atoms with Gasteiger partial charge in [0.25, 0.3) is 0 Å². The van der Waals surface area contributed by atoms with Gasteiger partial charge in [-0.25, -0.2) is 4.39 Å².